The first-order chi connectivity index (χ1) is 16.4. The summed E-state index contributed by atoms with van der Waals surface area (Å²) >= 11 is 0. The zero-order valence-corrected chi connectivity index (χ0v) is 20.4. The first-order valence-corrected chi connectivity index (χ1v) is 13.1. The lowest BCUT2D eigenvalue weighted by atomic mass is 9.73. The zero-order valence-electron chi connectivity index (χ0n) is 20.4. The molecule has 1 aromatic carbocycles. The molecule has 1 N–H and O–H groups in total. The van der Waals surface area contributed by atoms with E-state index in [1.165, 1.54) is 88.5 Å². The lowest BCUT2D eigenvalue weighted by molar-refractivity contribution is -0.180. The lowest BCUT2D eigenvalue weighted by Crippen LogP contribution is -2.32. The van der Waals surface area contributed by atoms with Gasteiger partial charge in [0.15, 0.2) is 0 Å². The summed E-state index contributed by atoms with van der Waals surface area (Å²) in [4.78, 5) is 11.3. The first kappa shape index (κ1) is 26.6. The minimum absolute atomic E-state index is 0.304. The number of hydrogen-bond acceptors (Lipinski definition) is 2. The van der Waals surface area contributed by atoms with Crippen LogP contribution in [0, 0.1) is 11.8 Å². The molecule has 3 rings (SSSR count). The maximum absolute atomic E-state index is 13.5. The third-order valence-corrected chi connectivity index (χ3v) is 7.56. The normalized spacial score (nSPS) is 26.8. The molecular formula is C29H40F2O3. The molecule has 0 radical (unpaired) electrons. The Morgan fingerprint density at radius 3 is 2.24 bits per heavy atom. The van der Waals surface area contributed by atoms with Gasteiger partial charge >= 0.3 is 12.6 Å². The average Bonchev–Trinajstić information content (AvgIpc) is 2.84. The minimum atomic E-state index is -2.97. The summed E-state index contributed by atoms with van der Waals surface area (Å²) in [5, 5.41) is 9.28. The summed E-state index contributed by atoms with van der Waals surface area (Å²) in [5.41, 5.74) is 0.300. The molecule has 0 bridgehead atoms. The van der Waals surface area contributed by atoms with Crippen LogP contribution in [0.1, 0.15) is 101 Å². The molecule has 5 heteroatoms. The Labute approximate surface area is 203 Å². The predicted molar refractivity (Wildman–Crippen MR) is 132 cm³/mol. The summed E-state index contributed by atoms with van der Waals surface area (Å²) in [6, 6.07) is 7.67. The maximum atomic E-state index is 13.5. The number of ether oxygens (including phenoxy) is 1. The Balaban J connectivity index is 1.62. The van der Waals surface area contributed by atoms with Crippen LogP contribution in [0.15, 0.2) is 48.6 Å². The molecule has 1 aromatic rings. The van der Waals surface area contributed by atoms with Crippen molar-refractivity contribution in [2.45, 2.75) is 102 Å². The van der Waals surface area contributed by atoms with E-state index < -0.39 is 24.1 Å². The molecule has 188 valence electrons. The van der Waals surface area contributed by atoms with Gasteiger partial charge < -0.3 is 9.84 Å². The molecule has 0 atom stereocenters. The van der Waals surface area contributed by atoms with Crippen LogP contribution in [-0.2, 0) is 15.1 Å². The van der Waals surface area contributed by atoms with Crippen LogP contribution in [0.4, 0.5) is 8.78 Å². The van der Waals surface area contributed by atoms with Gasteiger partial charge in [-0.05, 0) is 60.8 Å². The smallest absolute Gasteiger partial charge is 0.346 e. The van der Waals surface area contributed by atoms with Crippen molar-refractivity contribution in [3.05, 3.63) is 59.7 Å². The molecule has 0 saturated heterocycles. The van der Waals surface area contributed by atoms with E-state index in [2.05, 4.69) is 6.92 Å². The molecule has 0 heterocycles. The number of unbranched alkanes of at least 4 members (excludes halogenated alkanes) is 6. The number of carboxylic acids is 1. The second kappa shape index (κ2) is 13.2. The first-order valence-electron chi connectivity index (χ1n) is 13.1. The van der Waals surface area contributed by atoms with Gasteiger partial charge in [-0.3, -0.25) is 4.79 Å². The highest BCUT2D eigenvalue weighted by molar-refractivity contribution is 5.75. The number of alkyl halides is 2. The largest absolute Gasteiger partial charge is 0.481 e. The van der Waals surface area contributed by atoms with Gasteiger partial charge in [-0.1, -0.05) is 94.7 Å². The third kappa shape index (κ3) is 7.24. The van der Waals surface area contributed by atoms with Crippen LogP contribution < -0.4 is 0 Å². The van der Waals surface area contributed by atoms with Gasteiger partial charge in [-0.25, -0.2) is 0 Å². The summed E-state index contributed by atoms with van der Waals surface area (Å²) < 4.78 is 32.1. The second-order valence-electron chi connectivity index (χ2n) is 9.97. The van der Waals surface area contributed by atoms with Crippen molar-refractivity contribution in [2.24, 2.45) is 11.8 Å². The van der Waals surface area contributed by atoms with Crippen molar-refractivity contribution in [3.8, 4) is 0 Å². The van der Waals surface area contributed by atoms with Gasteiger partial charge in [0.1, 0.15) is 5.60 Å². The maximum Gasteiger partial charge on any atom is 0.346 e. The Morgan fingerprint density at radius 2 is 1.62 bits per heavy atom. The van der Waals surface area contributed by atoms with Crippen molar-refractivity contribution in [2.75, 3.05) is 0 Å². The number of hydrogen-bond donors (Lipinski definition) is 1. The number of aliphatic carboxylic acids is 1. The van der Waals surface area contributed by atoms with E-state index in [9.17, 15) is 18.7 Å². The standard InChI is InChI=1S/C29H40F2O3/c1-2-3-4-5-6-7-8-11-22-14-16-23(17-15-22)25-12-9-10-13-26(25)29(34-28(30)31)20-18-24(19-21-29)27(32)33/h9-10,12-13,18-24,28H,2-8,11,14-17H2,1H3,(H,32,33)/t22-,23-,24?,29?. The van der Waals surface area contributed by atoms with Crippen molar-refractivity contribution in [1.29, 1.82) is 0 Å². The fourth-order valence-corrected chi connectivity index (χ4v) is 5.61. The fraction of sp³-hybridized carbons (Fsp3) is 0.621. The molecule has 2 aliphatic carbocycles. The molecule has 0 spiro atoms. The number of halogens is 2. The molecule has 1 fully saturated rings. The molecule has 0 unspecified atom stereocenters. The Hall–Kier alpha value is -2.01. The quantitative estimate of drug-likeness (QED) is 0.231. The highest BCUT2D eigenvalue weighted by atomic mass is 19.3. The predicted octanol–water partition coefficient (Wildman–Crippen LogP) is 8.36. The summed E-state index contributed by atoms with van der Waals surface area (Å²) in [7, 11) is 0. The average molecular weight is 475 g/mol. The molecule has 2 aliphatic rings. The molecule has 0 amide bonds. The topological polar surface area (TPSA) is 46.5 Å². The van der Waals surface area contributed by atoms with Gasteiger partial charge in [0.25, 0.3) is 0 Å². The number of benzene rings is 1. The van der Waals surface area contributed by atoms with E-state index in [1.54, 1.807) is 0 Å². The molecule has 1 saturated carbocycles. The summed E-state index contributed by atoms with van der Waals surface area (Å²) in [5.74, 6) is -0.774. The van der Waals surface area contributed by atoms with E-state index in [4.69, 9.17) is 4.74 Å². The molecule has 34 heavy (non-hydrogen) atoms. The van der Waals surface area contributed by atoms with E-state index in [-0.39, 0.29) is 0 Å². The number of carboxylic acid groups (broad SMARTS) is 1. The monoisotopic (exact) mass is 474 g/mol. The van der Waals surface area contributed by atoms with Crippen LogP contribution in [0.25, 0.3) is 0 Å². The van der Waals surface area contributed by atoms with Crippen molar-refractivity contribution in [3.63, 3.8) is 0 Å². The van der Waals surface area contributed by atoms with Crippen LogP contribution in [0.2, 0.25) is 0 Å². The zero-order chi connectivity index (χ0) is 24.4. The van der Waals surface area contributed by atoms with E-state index in [0.717, 1.165) is 24.3 Å². The van der Waals surface area contributed by atoms with Crippen molar-refractivity contribution in [1.82, 2.24) is 0 Å². The molecule has 0 aliphatic heterocycles. The Bertz CT molecular complexity index is 810. The molecule has 3 nitrogen and oxygen atoms in total. The Kier molecular flexibility index (Phi) is 10.3. The number of rotatable bonds is 13. The van der Waals surface area contributed by atoms with E-state index in [0.29, 0.717) is 11.5 Å². The highest BCUT2D eigenvalue weighted by Crippen LogP contribution is 2.44. The van der Waals surface area contributed by atoms with Crippen LogP contribution in [-0.4, -0.2) is 17.7 Å². The number of carbonyl (C=O) groups is 1. The second-order valence-corrected chi connectivity index (χ2v) is 9.97. The van der Waals surface area contributed by atoms with Crippen LogP contribution in [0.3, 0.4) is 0 Å². The van der Waals surface area contributed by atoms with Crippen LogP contribution >= 0.6 is 0 Å². The minimum Gasteiger partial charge on any atom is -0.481 e. The SMILES string of the molecule is CCCCCCCCC[C@H]1CC[C@H](c2ccccc2C2(OC(F)F)C=CC(C(=O)O)C=C2)CC1. The van der Waals surface area contributed by atoms with Gasteiger partial charge in [-0.2, -0.15) is 8.78 Å². The lowest BCUT2D eigenvalue weighted by Gasteiger charge is -2.36. The van der Waals surface area contributed by atoms with Crippen molar-refractivity contribution >= 4 is 5.97 Å². The summed E-state index contributed by atoms with van der Waals surface area (Å²) in [6.07, 6.45) is 20.9. The van der Waals surface area contributed by atoms with Gasteiger partial charge in [-0.15, -0.1) is 0 Å². The summed E-state index contributed by atoms with van der Waals surface area (Å²) in [6.45, 7) is -0.723. The van der Waals surface area contributed by atoms with E-state index >= 15 is 0 Å². The Morgan fingerprint density at radius 1 is 1.00 bits per heavy atom. The highest BCUT2D eigenvalue weighted by Gasteiger charge is 2.38. The van der Waals surface area contributed by atoms with Gasteiger partial charge in [0.05, 0.1) is 5.92 Å². The van der Waals surface area contributed by atoms with E-state index in [1.807, 2.05) is 24.3 Å². The fourth-order valence-electron chi connectivity index (χ4n) is 5.61. The molecular weight excluding hydrogens is 434 g/mol. The molecule has 0 aromatic heterocycles. The van der Waals surface area contributed by atoms with Crippen LogP contribution in [0.5, 0.6) is 0 Å². The van der Waals surface area contributed by atoms with Gasteiger partial charge in [0.2, 0.25) is 0 Å². The van der Waals surface area contributed by atoms with Crippen molar-refractivity contribution < 1.29 is 23.4 Å². The van der Waals surface area contributed by atoms with Gasteiger partial charge in [0, 0.05) is 0 Å². The third-order valence-electron chi connectivity index (χ3n) is 7.56.